The third-order valence-electron chi connectivity index (χ3n) is 21.9. The van der Waals surface area contributed by atoms with Crippen molar-refractivity contribution in [2.45, 2.75) is 265 Å². The van der Waals surface area contributed by atoms with Gasteiger partial charge in [-0.15, -0.1) is 0 Å². The SMILES string of the molecule is CCC1CC(OCCCCC(=O)N[C@@H](CCCCNC(=O)CCCCOC2OC(CC)C(C)C(C)C2C)C(=O)NCCCCCC(=O)CCCCCCC(=O)N2C[C@H](OC(=O)CCC(C)=O)C[C@H]2COC(c2ccccc2)(c2ccc(OC)cc2)c2ccc(OC)cc2)C(C)C(C)C1C. The molecule has 6 rings (SSSR count). The van der Waals surface area contributed by atoms with Crippen LogP contribution in [0.5, 0.6) is 11.5 Å². The summed E-state index contributed by atoms with van der Waals surface area (Å²) in [6, 6.07) is 24.3. The van der Waals surface area contributed by atoms with Gasteiger partial charge in [0.1, 0.15) is 40.8 Å². The number of hydrogen-bond donors (Lipinski definition) is 3. The van der Waals surface area contributed by atoms with Crippen LogP contribution in [0.2, 0.25) is 0 Å². The zero-order valence-electron chi connectivity index (χ0n) is 62.1. The van der Waals surface area contributed by atoms with Crippen LogP contribution >= 0.6 is 0 Å². The van der Waals surface area contributed by atoms with E-state index in [9.17, 15) is 33.6 Å². The van der Waals surface area contributed by atoms with E-state index in [2.05, 4.69) is 71.3 Å². The number of nitrogens with one attached hydrogen (secondary N) is 3. The van der Waals surface area contributed by atoms with Gasteiger partial charge in [0, 0.05) is 77.2 Å². The first kappa shape index (κ1) is 81.8. The lowest BCUT2D eigenvalue weighted by molar-refractivity contribution is -0.248. The number of esters is 1. The number of hydrogen-bond acceptors (Lipinski definition) is 14. The third kappa shape index (κ3) is 26.0. The molecular weight excluding hydrogens is 1250 g/mol. The standard InChI is InChI=1S/C81H124N4O14/c1-12-63-52-74(61(8)57(4)59(63)6)95-50-28-25-36-76(89)84-72(34-23-27-48-82-75(88)35-24-29-51-96-80-62(9)58(5)60(7)73(13-2)99-80)79(92)83-49-26-17-21-33-68(87)32-20-14-15-22-37-77(90)85-54-71(98-78(91)47-38-56(3)86)53-67(85)55-97-81(64-30-18-16-19-31-64,65-39-43-69(93-10)44-40-65)66-41-45-70(94-11)46-42-66/h16,18-19,30-31,39-46,57-63,67,71-74,80H,12-15,17,20-29,32-38,47-55H2,1-11H3,(H,82,88)(H,83,92)(H,84,89)/t57?,58?,59?,60?,61?,62?,63?,67-,71+,72-,73?,74?,80?/m0/s1. The maximum Gasteiger partial charge on any atom is 0.306 e. The fraction of sp³-hybridized carbons (Fsp3) is 0.691. The Morgan fingerprint density at radius 3 is 1.74 bits per heavy atom. The summed E-state index contributed by atoms with van der Waals surface area (Å²) in [5.74, 6) is 4.28. The third-order valence-corrected chi connectivity index (χ3v) is 21.9. The largest absolute Gasteiger partial charge is 0.497 e. The topological polar surface area (TPSA) is 223 Å². The minimum atomic E-state index is -1.13. The predicted molar refractivity (Wildman–Crippen MR) is 387 cm³/mol. The Hall–Kier alpha value is -6.21. The molecule has 3 N–H and O–H groups in total. The van der Waals surface area contributed by atoms with Crippen LogP contribution in [-0.2, 0) is 62.8 Å². The van der Waals surface area contributed by atoms with Crippen molar-refractivity contribution in [1.29, 1.82) is 0 Å². The molecule has 1 aliphatic carbocycles. The lowest BCUT2D eigenvalue weighted by Gasteiger charge is -2.43. The average Bonchev–Trinajstić information content (AvgIpc) is 1.29. The zero-order valence-corrected chi connectivity index (χ0v) is 62.1. The molecule has 552 valence electrons. The second kappa shape index (κ2) is 43.6. The molecule has 13 atom stereocenters. The van der Waals surface area contributed by atoms with Crippen molar-refractivity contribution in [1.82, 2.24) is 20.9 Å². The van der Waals surface area contributed by atoms with Gasteiger partial charge >= 0.3 is 5.97 Å². The Labute approximate surface area is 593 Å². The highest BCUT2D eigenvalue weighted by Crippen LogP contribution is 2.44. The molecule has 2 saturated heterocycles. The predicted octanol–water partition coefficient (Wildman–Crippen LogP) is 14.4. The van der Waals surface area contributed by atoms with Gasteiger partial charge in [-0.1, -0.05) is 136 Å². The number of methoxy groups -OCH3 is 2. The van der Waals surface area contributed by atoms with E-state index in [1.807, 2.05) is 78.9 Å². The fourth-order valence-corrected chi connectivity index (χ4v) is 14.8. The van der Waals surface area contributed by atoms with Crippen molar-refractivity contribution in [3.63, 3.8) is 0 Å². The Morgan fingerprint density at radius 2 is 1.12 bits per heavy atom. The number of unbranched alkanes of at least 4 members (excludes halogenated alkanes) is 8. The van der Waals surface area contributed by atoms with Gasteiger partial charge in [0.05, 0.1) is 52.0 Å². The summed E-state index contributed by atoms with van der Waals surface area (Å²) in [6.07, 6.45) is 14.9. The van der Waals surface area contributed by atoms with Gasteiger partial charge in [0.15, 0.2) is 6.29 Å². The number of ether oxygens (including phenoxy) is 7. The molecule has 0 bridgehead atoms. The Kier molecular flexibility index (Phi) is 36.0. The van der Waals surface area contributed by atoms with E-state index in [0.29, 0.717) is 163 Å². The van der Waals surface area contributed by atoms with Gasteiger partial charge in [-0.2, -0.15) is 0 Å². The number of carbonyl (C=O) groups excluding carboxylic acids is 7. The first-order chi connectivity index (χ1) is 47.7. The van der Waals surface area contributed by atoms with Gasteiger partial charge in [-0.25, -0.2) is 0 Å². The highest BCUT2D eigenvalue weighted by molar-refractivity contribution is 5.87. The fourth-order valence-electron chi connectivity index (χ4n) is 14.8. The monoisotopic (exact) mass is 1380 g/mol. The lowest BCUT2D eigenvalue weighted by atomic mass is 9.66. The molecule has 2 aliphatic heterocycles. The molecule has 18 heteroatoms. The Balaban J connectivity index is 0.920. The first-order valence-corrected chi connectivity index (χ1v) is 37.9. The maximum atomic E-state index is 14.3. The molecule has 99 heavy (non-hydrogen) atoms. The van der Waals surface area contributed by atoms with Crippen LogP contribution in [-0.4, -0.2) is 136 Å². The number of nitrogens with zero attached hydrogens (tertiary/aromatic N) is 1. The van der Waals surface area contributed by atoms with Gasteiger partial charge in [-0.05, 0) is 167 Å². The average molecular weight is 1380 g/mol. The van der Waals surface area contributed by atoms with Gasteiger partial charge in [-0.3, -0.25) is 28.8 Å². The van der Waals surface area contributed by atoms with E-state index in [4.69, 9.17) is 33.2 Å². The van der Waals surface area contributed by atoms with Gasteiger partial charge in [0.25, 0.3) is 0 Å². The summed E-state index contributed by atoms with van der Waals surface area (Å²) in [7, 11) is 3.24. The van der Waals surface area contributed by atoms with E-state index in [0.717, 1.165) is 74.5 Å². The van der Waals surface area contributed by atoms with Crippen LogP contribution in [0.1, 0.15) is 240 Å². The molecule has 18 nitrogen and oxygen atoms in total. The Morgan fingerprint density at radius 1 is 0.556 bits per heavy atom. The number of rotatable bonds is 46. The number of likely N-dealkylation sites (tertiary alicyclic amines) is 1. The summed E-state index contributed by atoms with van der Waals surface area (Å²) >= 11 is 0. The second-order valence-corrected chi connectivity index (χ2v) is 28.8. The molecule has 0 aromatic heterocycles. The quantitative estimate of drug-likeness (QED) is 0.0272. The molecule has 0 radical (unpaired) electrons. The molecule has 4 amide bonds. The molecule has 3 aliphatic rings. The molecule has 3 fully saturated rings. The van der Waals surface area contributed by atoms with Crippen molar-refractivity contribution < 1.29 is 66.7 Å². The smallest absolute Gasteiger partial charge is 0.306 e. The number of amides is 4. The van der Waals surface area contributed by atoms with E-state index < -0.39 is 29.8 Å². The minimum Gasteiger partial charge on any atom is -0.497 e. The minimum absolute atomic E-state index is 0.00824. The van der Waals surface area contributed by atoms with Crippen LogP contribution in [0.15, 0.2) is 78.9 Å². The van der Waals surface area contributed by atoms with Crippen LogP contribution in [0.3, 0.4) is 0 Å². The van der Waals surface area contributed by atoms with Gasteiger partial charge < -0.3 is 58.8 Å². The summed E-state index contributed by atoms with van der Waals surface area (Å²) in [5.41, 5.74) is 1.44. The van der Waals surface area contributed by atoms with Crippen molar-refractivity contribution in [2.24, 2.45) is 41.4 Å². The van der Waals surface area contributed by atoms with Crippen molar-refractivity contribution in [3.8, 4) is 11.5 Å². The second-order valence-electron chi connectivity index (χ2n) is 28.8. The van der Waals surface area contributed by atoms with Crippen LogP contribution in [0.4, 0.5) is 0 Å². The highest BCUT2D eigenvalue weighted by Gasteiger charge is 2.44. The highest BCUT2D eigenvalue weighted by atomic mass is 16.7. The molecule has 10 unspecified atom stereocenters. The summed E-state index contributed by atoms with van der Waals surface area (Å²) < 4.78 is 43.1. The van der Waals surface area contributed by atoms with E-state index >= 15 is 0 Å². The van der Waals surface area contributed by atoms with Crippen LogP contribution in [0.25, 0.3) is 0 Å². The van der Waals surface area contributed by atoms with Crippen molar-refractivity contribution in [2.75, 3.05) is 53.7 Å². The maximum absolute atomic E-state index is 14.3. The zero-order chi connectivity index (χ0) is 71.7. The lowest BCUT2D eigenvalue weighted by Crippen LogP contribution is -2.47. The summed E-state index contributed by atoms with van der Waals surface area (Å²) in [6.45, 7) is 22.0. The van der Waals surface area contributed by atoms with Crippen molar-refractivity contribution in [3.05, 3.63) is 95.6 Å². The number of ketones is 2. The molecule has 3 aromatic carbocycles. The summed E-state index contributed by atoms with van der Waals surface area (Å²) in [4.78, 5) is 93.7. The molecule has 3 aromatic rings. The van der Waals surface area contributed by atoms with Crippen molar-refractivity contribution >= 4 is 41.2 Å². The normalized spacial score (nSPS) is 23.4. The number of carbonyl (C=O) groups is 7. The van der Waals surface area contributed by atoms with Crippen LogP contribution < -0.4 is 25.4 Å². The molecule has 0 spiro atoms. The molecule has 1 saturated carbocycles. The van der Waals surface area contributed by atoms with Gasteiger partial charge in [0.2, 0.25) is 23.6 Å². The van der Waals surface area contributed by atoms with E-state index in [1.54, 1.807) is 19.1 Å². The first-order valence-electron chi connectivity index (χ1n) is 37.9. The van der Waals surface area contributed by atoms with Crippen LogP contribution in [0, 0.1) is 41.4 Å². The van der Waals surface area contributed by atoms with E-state index in [-0.39, 0.29) is 86.1 Å². The van der Waals surface area contributed by atoms with E-state index in [1.165, 1.54) is 6.92 Å². The summed E-state index contributed by atoms with van der Waals surface area (Å²) in [5, 5.41) is 9.11. The molecular formula is C81H124N4O14. The number of Topliss-reactive ketones (excluding diaryl/α,β-unsaturated/α-hetero) is 2. The molecule has 2 heterocycles. The number of benzene rings is 3. The Bertz CT molecular complexity index is 2840.